The summed E-state index contributed by atoms with van der Waals surface area (Å²) in [6.45, 7) is 0. The van der Waals surface area contributed by atoms with Crippen molar-refractivity contribution >= 4 is 12.3 Å². The lowest BCUT2D eigenvalue weighted by molar-refractivity contribution is -0.144. The second-order valence-electron chi connectivity index (χ2n) is 3.30. The van der Waals surface area contributed by atoms with Crippen molar-refractivity contribution in [2.24, 2.45) is 0 Å². The van der Waals surface area contributed by atoms with Crippen LogP contribution in [0.15, 0.2) is 12.3 Å². The van der Waals surface area contributed by atoms with Gasteiger partial charge in [-0.05, 0) is 6.07 Å². The first-order valence-electron chi connectivity index (χ1n) is 4.65. The summed E-state index contributed by atoms with van der Waals surface area (Å²) < 4.78 is 4.36. The predicted octanol–water partition coefficient (Wildman–Crippen LogP) is -0.215. The van der Waals surface area contributed by atoms with Gasteiger partial charge >= 0.3 is 5.97 Å². The molecule has 0 amide bonds. The van der Waals surface area contributed by atoms with Gasteiger partial charge in [-0.3, -0.25) is 9.59 Å². The summed E-state index contributed by atoms with van der Waals surface area (Å²) in [6.07, 6.45) is -0.816. The predicted molar refractivity (Wildman–Crippen MR) is 53.8 cm³/mol. The molecule has 0 fully saturated rings. The molecule has 2 atom stereocenters. The van der Waals surface area contributed by atoms with Crippen LogP contribution in [-0.4, -0.2) is 40.7 Å². The molecule has 0 saturated carbocycles. The molecule has 2 unspecified atom stereocenters. The van der Waals surface area contributed by atoms with E-state index in [2.05, 4.69) is 9.72 Å². The van der Waals surface area contributed by atoms with Crippen LogP contribution in [0.25, 0.3) is 0 Å². The average Bonchev–Trinajstić information content (AvgIpc) is 2.76. The molecule has 6 nitrogen and oxygen atoms in total. The zero-order valence-electron chi connectivity index (χ0n) is 8.71. The third-order valence-corrected chi connectivity index (χ3v) is 2.16. The van der Waals surface area contributed by atoms with Crippen LogP contribution in [0.3, 0.4) is 0 Å². The number of aliphatic hydroxyl groups is 2. The highest BCUT2D eigenvalue weighted by Crippen LogP contribution is 2.19. The van der Waals surface area contributed by atoms with Crippen molar-refractivity contribution in [2.75, 3.05) is 7.11 Å². The van der Waals surface area contributed by atoms with Crippen molar-refractivity contribution in [3.8, 4) is 0 Å². The number of nitrogens with one attached hydrogen (secondary N) is 1. The molecule has 0 bridgehead atoms. The number of carbonyl (C=O) groups excluding carboxylic acids is 2. The largest absolute Gasteiger partial charge is 0.469 e. The second-order valence-corrected chi connectivity index (χ2v) is 3.30. The van der Waals surface area contributed by atoms with Gasteiger partial charge in [0.05, 0.1) is 25.3 Å². The lowest BCUT2D eigenvalue weighted by Gasteiger charge is -2.15. The zero-order valence-corrected chi connectivity index (χ0v) is 8.71. The number of carbonyl (C=O) groups is 2. The Kier molecular flexibility index (Phi) is 4.21. The molecule has 6 heteroatoms. The van der Waals surface area contributed by atoms with Crippen molar-refractivity contribution in [1.82, 2.24) is 4.98 Å². The molecule has 0 aliphatic rings. The Morgan fingerprint density at radius 3 is 2.81 bits per heavy atom. The van der Waals surface area contributed by atoms with Crippen LogP contribution >= 0.6 is 0 Å². The van der Waals surface area contributed by atoms with Gasteiger partial charge in [-0.1, -0.05) is 0 Å². The summed E-state index contributed by atoms with van der Waals surface area (Å²) in [7, 11) is 1.20. The summed E-state index contributed by atoms with van der Waals surface area (Å²) in [4.78, 5) is 23.9. The maximum absolute atomic E-state index is 10.9. The number of methoxy groups -OCH3 is 1. The lowest BCUT2D eigenvalue weighted by atomic mass is 10.1. The zero-order chi connectivity index (χ0) is 12.1. The van der Waals surface area contributed by atoms with Gasteiger partial charge in [0, 0.05) is 11.8 Å². The monoisotopic (exact) mass is 227 g/mol. The number of aliphatic hydroxyl groups excluding tert-OH is 2. The van der Waals surface area contributed by atoms with Gasteiger partial charge in [-0.25, -0.2) is 0 Å². The van der Waals surface area contributed by atoms with Crippen molar-refractivity contribution in [1.29, 1.82) is 0 Å². The molecule has 0 aliphatic heterocycles. The highest BCUT2D eigenvalue weighted by molar-refractivity contribution is 5.72. The maximum Gasteiger partial charge on any atom is 0.308 e. The number of H-pyrrole nitrogens is 1. The van der Waals surface area contributed by atoms with E-state index >= 15 is 0 Å². The van der Waals surface area contributed by atoms with Crippen LogP contribution in [0.1, 0.15) is 28.6 Å². The summed E-state index contributed by atoms with van der Waals surface area (Å²) in [6, 6.07) is 1.40. The molecule has 88 valence electrons. The van der Waals surface area contributed by atoms with Crippen LogP contribution in [-0.2, 0) is 9.53 Å². The van der Waals surface area contributed by atoms with E-state index in [0.29, 0.717) is 17.5 Å². The van der Waals surface area contributed by atoms with Crippen LogP contribution in [0.4, 0.5) is 0 Å². The smallest absolute Gasteiger partial charge is 0.308 e. The van der Waals surface area contributed by atoms with Gasteiger partial charge in [0.15, 0.2) is 6.29 Å². The van der Waals surface area contributed by atoms with E-state index in [4.69, 9.17) is 0 Å². The van der Waals surface area contributed by atoms with Crippen LogP contribution in [0.5, 0.6) is 0 Å². The van der Waals surface area contributed by atoms with Gasteiger partial charge in [0.2, 0.25) is 0 Å². The lowest BCUT2D eigenvalue weighted by Crippen LogP contribution is -2.22. The minimum atomic E-state index is -1.26. The Hall–Kier alpha value is -1.66. The van der Waals surface area contributed by atoms with Crippen molar-refractivity contribution < 1.29 is 24.5 Å². The van der Waals surface area contributed by atoms with Gasteiger partial charge < -0.3 is 19.9 Å². The number of hydrogen-bond acceptors (Lipinski definition) is 5. The first kappa shape index (κ1) is 12.4. The molecular formula is C10H13NO5. The average molecular weight is 227 g/mol. The Morgan fingerprint density at radius 1 is 1.62 bits per heavy atom. The first-order valence-corrected chi connectivity index (χ1v) is 4.65. The molecule has 0 aliphatic carbocycles. The molecule has 0 saturated heterocycles. The third kappa shape index (κ3) is 2.91. The molecule has 1 heterocycles. The van der Waals surface area contributed by atoms with Crippen LogP contribution in [0, 0.1) is 0 Å². The topological polar surface area (TPSA) is 99.6 Å². The fraction of sp³-hybridized carbons (Fsp3) is 0.400. The third-order valence-electron chi connectivity index (χ3n) is 2.16. The van der Waals surface area contributed by atoms with E-state index in [-0.39, 0.29) is 6.42 Å². The minimum Gasteiger partial charge on any atom is -0.469 e. The molecule has 16 heavy (non-hydrogen) atoms. The highest BCUT2D eigenvalue weighted by Gasteiger charge is 2.22. The molecule has 0 aromatic carbocycles. The number of hydrogen-bond donors (Lipinski definition) is 3. The van der Waals surface area contributed by atoms with Gasteiger partial charge in [0.25, 0.3) is 0 Å². The van der Waals surface area contributed by atoms with Gasteiger partial charge in [0.1, 0.15) is 6.10 Å². The SMILES string of the molecule is COC(=O)CC(O)C(O)c1c[nH]c(C=O)c1. The van der Waals surface area contributed by atoms with E-state index in [9.17, 15) is 19.8 Å². The normalized spacial score (nSPS) is 14.2. The van der Waals surface area contributed by atoms with Crippen molar-refractivity contribution in [2.45, 2.75) is 18.6 Å². The van der Waals surface area contributed by atoms with E-state index in [1.165, 1.54) is 19.4 Å². The molecular weight excluding hydrogens is 214 g/mol. The minimum absolute atomic E-state index is 0.291. The summed E-state index contributed by atoms with van der Waals surface area (Å²) in [5.74, 6) is -0.613. The summed E-state index contributed by atoms with van der Waals surface area (Å²) in [5, 5.41) is 19.2. The number of aromatic nitrogens is 1. The van der Waals surface area contributed by atoms with E-state index in [1.807, 2.05) is 0 Å². The fourth-order valence-corrected chi connectivity index (χ4v) is 1.26. The van der Waals surface area contributed by atoms with Crippen molar-refractivity contribution in [3.63, 3.8) is 0 Å². The first-order chi connectivity index (χ1) is 7.58. The Labute approximate surface area is 91.9 Å². The van der Waals surface area contributed by atoms with Crippen LogP contribution < -0.4 is 0 Å². The van der Waals surface area contributed by atoms with Crippen LogP contribution in [0.2, 0.25) is 0 Å². The number of aldehydes is 1. The Bertz CT molecular complexity index is 373. The number of esters is 1. The summed E-state index contributed by atoms with van der Waals surface area (Å²) in [5.41, 5.74) is 0.637. The quantitative estimate of drug-likeness (QED) is 0.477. The summed E-state index contributed by atoms with van der Waals surface area (Å²) >= 11 is 0. The molecule has 1 aromatic heterocycles. The Morgan fingerprint density at radius 2 is 2.31 bits per heavy atom. The molecule has 3 N–H and O–H groups in total. The standard InChI is InChI=1S/C10H13NO5/c1-16-9(14)3-8(13)10(15)6-2-7(5-12)11-4-6/h2,4-5,8,10-11,13,15H,3H2,1H3. The van der Waals surface area contributed by atoms with Gasteiger partial charge in [-0.2, -0.15) is 0 Å². The molecule has 0 spiro atoms. The molecule has 1 aromatic rings. The van der Waals surface area contributed by atoms with Crippen molar-refractivity contribution in [3.05, 3.63) is 23.5 Å². The maximum atomic E-state index is 10.9. The number of ether oxygens (including phenoxy) is 1. The van der Waals surface area contributed by atoms with E-state index < -0.39 is 18.2 Å². The molecule has 0 radical (unpaired) electrons. The Balaban J connectivity index is 2.65. The molecule has 1 rings (SSSR count). The number of aromatic amines is 1. The van der Waals surface area contributed by atoms with E-state index in [1.54, 1.807) is 0 Å². The van der Waals surface area contributed by atoms with Gasteiger partial charge in [-0.15, -0.1) is 0 Å². The fourth-order valence-electron chi connectivity index (χ4n) is 1.26. The highest BCUT2D eigenvalue weighted by atomic mass is 16.5. The van der Waals surface area contributed by atoms with E-state index in [0.717, 1.165) is 0 Å². The second kappa shape index (κ2) is 5.43. The number of rotatable bonds is 5.